The first-order valence-corrected chi connectivity index (χ1v) is 9.39. The number of hydrogen-bond donors (Lipinski definition) is 1. The summed E-state index contributed by atoms with van der Waals surface area (Å²) in [5.41, 5.74) is 4.03. The molecule has 28 heavy (non-hydrogen) atoms. The van der Waals surface area contributed by atoms with E-state index in [0.717, 1.165) is 5.69 Å². The molecule has 0 atom stereocenters. The maximum atomic E-state index is 13.0. The number of anilines is 1. The fourth-order valence-corrected chi connectivity index (χ4v) is 2.99. The molecule has 2 heterocycles. The molecule has 0 unspecified atom stereocenters. The maximum Gasteiger partial charge on any atom is 0.288 e. The van der Waals surface area contributed by atoms with Crippen LogP contribution in [0.4, 0.5) is 5.82 Å². The van der Waals surface area contributed by atoms with Crippen LogP contribution in [0.1, 0.15) is 30.2 Å². The third kappa shape index (κ3) is 4.35. The molecule has 0 spiro atoms. The van der Waals surface area contributed by atoms with Gasteiger partial charge in [-0.1, -0.05) is 32.0 Å². The van der Waals surface area contributed by atoms with E-state index in [0.29, 0.717) is 22.5 Å². The maximum absolute atomic E-state index is 13.0. The second-order valence-electron chi connectivity index (χ2n) is 6.39. The average Bonchev–Trinajstić information content (AvgIpc) is 3.18. The predicted octanol–water partition coefficient (Wildman–Crippen LogP) is 3.10. The van der Waals surface area contributed by atoms with Crippen molar-refractivity contribution in [1.29, 1.82) is 5.26 Å². The Balaban J connectivity index is 1.92. The van der Waals surface area contributed by atoms with Crippen molar-refractivity contribution in [2.45, 2.75) is 13.8 Å². The number of nitriles is 1. The van der Waals surface area contributed by atoms with E-state index in [-0.39, 0.29) is 17.6 Å². The number of para-hydroxylation sites is 1. The van der Waals surface area contributed by atoms with Gasteiger partial charge in [0.05, 0.1) is 16.4 Å². The van der Waals surface area contributed by atoms with Crippen LogP contribution >= 0.6 is 15.9 Å². The predicted molar refractivity (Wildman–Crippen MR) is 108 cm³/mol. The second kappa shape index (κ2) is 8.63. The van der Waals surface area contributed by atoms with E-state index in [1.54, 1.807) is 22.0 Å². The first kappa shape index (κ1) is 19.5. The van der Waals surface area contributed by atoms with E-state index < -0.39 is 0 Å². The fourth-order valence-electron chi connectivity index (χ4n) is 2.58. The highest BCUT2D eigenvalue weighted by Gasteiger charge is 2.21. The Morgan fingerprint density at radius 3 is 2.75 bits per heavy atom. The number of hydrogen-bond acceptors (Lipinski definition) is 6. The summed E-state index contributed by atoms with van der Waals surface area (Å²) in [7, 11) is 0. The van der Waals surface area contributed by atoms with Crippen molar-refractivity contribution in [1.82, 2.24) is 25.2 Å². The number of nitrogens with one attached hydrogen (secondary N) is 1. The van der Waals surface area contributed by atoms with Gasteiger partial charge in [-0.3, -0.25) is 15.2 Å². The molecule has 0 radical (unpaired) electrons. The minimum absolute atomic E-state index is 0.0236. The summed E-state index contributed by atoms with van der Waals surface area (Å²) in [6.07, 6.45) is 3.07. The van der Waals surface area contributed by atoms with E-state index in [1.165, 1.54) is 6.20 Å². The van der Waals surface area contributed by atoms with E-state index in [1.807, 2.05) is 50.2 Å². The van der Waals surface area contributed by atoms with Crippen LogP contribution in [0.15, 0.2) is 53.3 Å². The summed E-state index contributed by atoms with van der Waals surface area (Å²) in [5.74, 6) is 0.327. The van der Waals surface area contributed by atoms with Crippen molar-refractivity contribution in [3.8, 4) is 11.8 Å². The Bertz CT molecular complexity index is 1010. The van der Waals surface area contributed by atoms with E-state index in [4.69, 9.17) is 5.26 Å². The molecule has 3 rings (SSSR count). The lowest BCUT2D eigenvalue weighted by Crippen LogP contribution is -2.45. The van der Waals surface area contributed by atoms with Crippen molar-refractivity contribution in [3.63, 3.8) is 0 Å². The molecule has 1 aromatic carbocycles. The topological polar surface area (TPSA) is 99.7 Å². The van der Waals surface area contributed by atoms with Gasteiger partial charge >= 0.3 is 0 Å². The normalized spacial score (nSPS) is 10.5. The molecule has 0 saturated carbocycles. The van der Waals surface area contributed by atoms with Gasteiger partial charge in [0.2, 0.25) is 5.82 Å². The number of rotatable bonds is 6. The van der Waals surface area contributed by atoms with Crippen LogP contribution < -0.4 is 10.4 Å². The number of amides is 1. The average molecular weight is 440 g/mol. The van der Waals surface area contributed by atoms with Crippen LogP contribution in [0.3, 0.4) is 0 Å². The third-order valence-electron chi connectivity index (χ3n) is 3.74. The van der Waals surface area contributed by atoms with Crippen molar-refractivity contribution in [3.05, 3.63) is 64.8 Å². The zero-order valence-electron chi connectivity index (χ0n) is 15.4. The summed E-state index contributed by atoms with van der Waals surface area (Å²) in [4.78, 5) is 21.2. The molecule has 0 bridgehead atoms. The van der Waals surface area contributed by atoms with Gasteiger partial charge in [0.1, 0.15) is 11.8 Å². The molecule has 0 fully saturated rings. The Labute approximate surface area is 170 Å². The molecule has 2 aromatic heterocycles. The molecule has 3 aromatic rings. The van der Waals surface area contributed by atoms with Gasteiger partial charge in [-0.25, -0.2) is 9.67 Å². The Morgan fingerprint density at radius 2 is 2.07 bits per heavy atom. The molecule has 0 aliphatic heterocycles. The van der Waals surface area contributed by atoms with Gasteiger partial charge in [-0.15, -0.1) is 0 Å². The lowest BCUT2D eigenvalue weighted by atomic mass is 10.2. The molecule has 0 saturated heterocycles. The highest BCUT2D eigenvalue weighted by molar-refractivity contribution is 9.10. The van der Waals surface area contributed by atoms with Gasteiger partial charge < -0.3 is 0 Å². The smallest absolute Gasteiger partial charge is 0.267 e. The minimum Gasteiger partial charge on any atom is -0.267 e. The van der Waals surface area contributed by atoms with Gasteiger partial charge in [0.15, 0.2) is 5.82 Å². The standard InChI is InChI=1S/C19H18BrN7O/c1-13(2)12-26(18-15(20)11-22-17(10-21)24-18)25-19(28)16-8-9-23-27(16)14-6-4-3-5-7-14/h3-9,11,13H,12H2,1-2H3,(H,25,28). The number of hydrazine groups is 1. The molecule has 1 N–H and O–H groups in total. The van der Waals surface area contributed by atoms with Crippen molar-refractivity contribution >= 4 is 27.7 Å². The summed E-state index contributed by atoms with van der Waals surface area (Å²) < 4.78 is 2.14. The largest absolute Gasteiger partial charge is 0.288 e. The SMILES string of the molecule is CC(C)CN(NC(=O)c1ccnn1-c1ccccc1)c1nc(C#N)ncc1Br. The molecule has 0 aliphatic rings. The molecule has 0 aliphatic carbocycles. The van der Waals surface area contributed by atoms with E-state index >= 15 is 0 Å². The molecule has 9 heteroatoms. The second-order valence-corrected chi connectivity index (χ2v) is 7.24. The number of carbonyl (C=O) groups excluding carboxylic acids is 1. The van der Waals surface area contributed by atoms with Crippen LogP contribution in [-0.2, 0) is 0 Å². The summed E-state index contributed by atoms with van der Waals surface area (Å²) in [5, 5.41) is 15.0. The summed E-state index contributed by atoms with van der Waals surface area (Å²) >= 11 is 3.40. The Hall–Kier alpha value is -3.25. The summed E-state index contributed by atoms with van der Waals surface area (Å²) in [6.45, 7) is 4.53. The van der Waals surface area contributed by atoms with Gasteiger partial charge in [0, 0.05) is 12.7 Å². The van der Waals surface area contributed by atoms with Gasteiger partial charge in [-0.05, 0) is 40.0 Å². The molecule has 8 nitrogen and oxygen atoms in total. The zero-order chi connectivity index (χ0) is 20.1. The highest BCUT2D eigenvalue weighted by atomic mass is 79.9. The zero-order valence-corrected chi connectivity index (χ0v) is 17.0. The summed E-state index contributed by atoms with van der Waals surface area (Å²) in [6, 6.07) is 13.0. The van der Waals surface area contributed by atoms with Crippen LogP contribution in [0, 0.1) is 17.2 Å². The first-order chi connectivity index (χ1) is 13.5. The minimum atomic E-state index is -0.342. The highest BCUT2D eigenvalue weighted by Crippen LogP contribution is 2.23. The molecule has 1 amide bonds. The Kier molecular flexibility index (Phi) is 6.01. The van der Waals surface area contributed by atoms with E-state index in [9.17, 15) is 4.79 Å². The van der Waals surface area contributed by atoms with Crippen LogP contribution in [0.2, 0.25) is 0 Å². The van der Waals surface area contributed by atoms with Crippen LogP contribution in [-0.4, -0.2) is 32.2 Å². The van der Waals surface area contributed by atoms with Gasteiger partial charge in [0.25, 0.3) is 5.91 Å². The van der Waals surface area contributed by atoms with Crippen LogP contribution in [0.25, 0.3) is 5.69 Å². The van der Waals surface area contributed by atoms with E-state index in [2.05, 4.69) is 36.4 Å². The number of aromatic nitrogens is 4. The van der Waals surface area contributed by atoms with Crippen molar-refractivity contribution in [2.24, 2.45) is 5.92 Å². The quantitative estimate of drug-likeness (QED) is 0.592. The first-order valence-electron chi connectivity index (χ1n) is 8.60. The fraction of sp³-hybridized carbons (Fsp3) is 0.211. The third-order valence-corrected chi connectivity index (χ3v) is 4.30. The monoisotopic (exact) mass is 439 g/mol. The number of halogens is 1. The van der Waals surface area contributed by atoms with Crippen LogP contribution in [0.5, 0.6) is 0 Å². The molecular weight excluding hydrogens is 422 g/mol. The lowest BCUT2D eigenvalue weighted by molar-refractivity contribution is 0.0939. The number of carbonyl (C=O) groups is 1. The van der Waals surface area contributed by atoms with Crippen molar-refractivity contribution in [2.75, 3.05) is 11.6 Å². The number of benzene rings is 1. The van der Waals surface area contributed by atoms with Crippen molar-refractivity contribution < 1.29 is 4.79 Å². The molecule has 142 valence electrons. The lowest BCUT2D eigenvalue weighted by Gasteiger charge is -2.26. The van der Waals surface area contributed by atoms with Gasteiger partial charge in [-0.2, -0.15) is 15.3 Å². The number of nitrogens with zero attached hydrogens (tertiary/aromatic N) is 6. The molecular formula is C19H18BrN7O. The Morgan fingerprint density at radius 1 is 1.32 bits per heavy atom.